The molecule has 8 heteroatoms. The Morgan fingerprint density at radius 2 is 2.24 bits per heavy atom. The molecule has 0 unspecified atom stereocenters. The van der Waals surface area contributed by atoms with Gasteiger partial charge in [-0.05, 0) is 12.1 Å². The van der Waals surface area contributed by atoms with E-state index in [4.69, 9.17) is 10.5 Å². The number of thiazole rings is 1. The highest BCUT2D eigenvalue weighted by Crippen LogP contribution is 2.33. The molecule has 0 spiro atoms. The first kappa shape index (κ1) is 16.7. The van der Waals surface area contributed by atoms with Crippen molar-refractivity contribution in [3.63, 3.8) is 0 Å². The van der Waals surface area contributed by atoms with Gasteiger partial charge in [-0.3, -0.25) is 0 Å². The number of hydrogen-bond acceptors (Lipinski definition) is 7. The van der Waals surface area contributed by atoms with Gasteiger partial charge in [0.2, 0.25) is 0 Å². The molecule has 1 aromatic carbocycles. The van der Waals surface area contributed by atoms with Crippen molar-refractivity contribution < 1.29 is 14.6 Å². The highest BCUT2D eigenvalue weighted by atomic mass is 32.1. The average molecular weight is 354 g/mol. The largest absolute Gasteiger partial charge is 0.464 e. The number of hydrogen-bond donors (Lipinski definition) is 2. The van der Waals surface area contributed by atoms with Gasteiger partial charge in [0, 0.05) is 17.1 Å². The Hall–Kier alpha value is -3.15. The van der Waals surface area contributed by atoms with E-state index < -0.39 is 5.97 Å². The number of aromatic nitrogens is 2. The summed E-state index contributed by atoms with van der Waals surface area (Å²) in [5.41, 5.74) is 8.24. The zero-order valence-electron chi connectivity index (χ0n) is 13.3. The Morgan fingerprint density at radius 1 is 1.48 bits per heavy atom. The number of anilines is 1. The van der Waals surface area contributed by atoms with Gasteiger partial charge in [-0.1, -0.05) is 12.1 Å². The van der Waals surface area contributed by atoms with Crippen LogP contribution in [0.5, 0.6) is 0 Å². The lowest BCUT2D eigenvalue weighted by Gasteiger charge is -2.12. The maximum absolute atomic E-state index is 12.2. The van der Waals surface area contributed by atoms with Crippen molar-refractivity contribution >= 4 is 23.0 Å². The van der Waals surface area contributed by atoms with Crippen LogP contribution in [0.4, 0.5) is 5.69 Å². The molecule has 3 N–H and O–H groups in total. The number of methoxy groups -OCH3 is 1. The lowest BCUT2D eigenvalue weighted by Crippen LogP contribution is -2.11. The molecule has 0 aliphatic carbocycles. The van der Waals surface area contributed by atoms with E-state index in [2.05, 4.69) is 4.98 Å². The maximum Gasteiger partial charge on any atom is 0.357 e. The SMILES string of the molecule is COC(=O)c1c(N)c(C#N)cn1-c1ccccc1-c1nc(CO)cs1. The van der Waals surface area contributed by atoms with Crippen LogP contribution in [0.3, 0.4) is 0 Å². The standard InChI is InChI=1S/C17H14N4O3S/c1-24-17(23)15-14(19)10(6-18)7-21(15)13-5-3-2-4-12(13)16-20-11(8-22)9-25-16/h2-5,7,9,22H,8,19H2,1H3. The second kappa shape index (κ2) is 6.76. The van der Waals surface area contributed by atoms with Gasteiger partial charge in [0.1, 0.15) is 11.1 Å². The molecule has 0 saturated carbocycles. The summed E-state index contributed by atoms with van der Waals surface area (Å²) in [5.74, 6) is -0.635. The highest BCUT2D eigenvalue weighted by Gasteiger charge is 2.23. The number of carbonyl (C=O) groups excluding carboxylic acids is 1. The molecule has 7 nitrogen and oxygen atoms in total. The van der Waals surface area contributed by atoms with Gasteiger partial charge in [-0.15, -0.1) is 11.3 Å². The molecule has 0 aliphatic rings. The second-order valence-corrected chi connectivity index (χ2v) is 5.96. The summed E-state index contributed by atoms with van der Waals surface area (Å²) in [6, 6.07) is 9.27. The van der Waals surface area contributed by atoms with E-state index in [1.165, 1.54) is 29.2 Å². The van der Waals surface area contributed by atoms with Crippen molar-refractivity contribution in [3.8, 4) is 22.3 Å². The van der Waals surface area contributed by atoms with Crippen LogP contribution < -0.4 is 5.73 Å². The molecule has 0 aliphatic heterocycles. The third-order valence-corrected chi connectivity index (χ3v) is 4.58. The first-order valence-corrected chi connectivity index (χ1v) is 8.13. The van der Waals surface area contributed by atoms with Gasteiger partial charge >= 0.3 is 5.97 Å². The van der Waals surface area contributed by atoms with E-state index in [9.17, 15) is 15.2 Å². The predicted octanol–water partition coefficient (Wildman–Crippen LogP) is 2.33. The quantitative estimate of drug-likeness (QED) is 0.695. The number of carbonyl (C=O) groups is 1. The van der Waals surface area contributed by atoms with E-state index in [-0.39, 0.29) is 23.6 Å². The Labute approximate surface area is 147 Å². The lowest BCUT2D eigenvalue weighted by atomic mass is 10.1. The minimum atomic E-state index is -0.635. The van der Waals surface area contributed by atoms with Crippen LogP contribution in [0.1, 0.15) is 21.7 Å². The molecule has 2 aromatic heterocycles. The summed E-state index contributed by atoms with van der Waals surface area (Å²) in [6.45, 7) is -0.152. The zero-order valence-corrected chi connectivity index (χ0v) is 14.1. The van der Waals surface area contributed by atoms with E-state index in [1.54, 1.807) is 11.4 Å². The molecule has 2 heterocycles. The number of nitrogen functional groups attached to an aromatic ring is 1. The van der Waals surface area contributed by atoms with Gasteiger partial charge in [0.25, 0.3) is 0 Å². The molecule has 3 rings (SSSR count). The highest BCUT2D eigenvalue weighted by molar-refractivity contribution is 7.13. The lowest BCUT2D eigenvalue weighted by molar-refractivity contribution is 0.0593. The number of nitrogens with two attached hydrogens (primary N) is 1. The number of benzene rings is 1. The zero-order chi connectivity index (χ0) is 18.0. The van der Waals surface area contributed by atoms with E-state index in [1.807, 2.05) is 24.3 Å². The number of para-hydroxylation sites is 1. The van der Waals surface area contributed by atoms with Crippen molar-refractivity contribution in [1.29, 1.82) is 5.26 Å². The van der Waals surface area contributed by atoms with Crippen molar-refractivity contribution in [1.82, 2.24) is 9.55 Å². The predicted molar refractivity (Wildman–Crippen MR) is 93.3 cm³/mol. The third kappa shape index (κ3) is 2.87. The van der Waals surface area contributed by atoms with Crippen molar-refractivity contribution in [2.75, 3.05) is 12.8 Å². The van der Waals surface area contributed by atoms with Crippen LogP contribution in [0.2, 0.25) is 0 Å². The van der Waals surface area contributed by atoms with E-state index in [0.717, 1.165) is 5.56 Å². The average Bonchev–Trinajstić information content (AvgIpc) is 3.25. The molecule has 0 radical (unpaired) electrons. The number of nitrogens with zero attached hydrogens (tertiary/aromatic N) is 3. The summed E-state index contributed by atoms with van der Waals surface area (Å²) in [7, 11) is 1.26. The van der Waals surface area contributed by atoms with Crippen LogP contribution in [-0.2, 0) is 11.3 Å². The summed E-state index contributed by atoms with van der Waals surface area (Å²) in [6.07, 6.45) is 1.50. The Balaban J connectivity index is 2.25. The fraction of sp³-hybridized carbons (Fsp3) is 0.118. The molecule has 0 saturated heterocycles. The molecule has 0 fully saturated rings. The van der Waals surface area contributed by atoms with Crippen LogP contribution >= 0.6 is 11.3 Å². The van der Waals surface area contributed by atoms with Gasteiger partial charge in [0.15, 0.2) is 5.69 Å². The fourth-order valence-electron chi connectivity index (χ4n) is 2.47. The summed E-state index contributed by atoms with van der Waals surface area (Å²) in [4.78, 5) is 16.5. The topological polar surface area (TPSA) is 114 Å². The van der Waals surface area contributed by atoms with Crippen molar-refractivity contribution in [2.24, 2.45) is 0 Å². The summed E-state index contributed by atoms with van der Waals surface area (Å²) in [5, 5.41) is 20.9. The van der Waals surface area contributed by atoms with Gasteiger partial charge in [0.05, 0.1) is 36.3 Å². The second-order valence-electron chi connectivity index (χ2n) is 5.10. The first-order chi connectivity index (χ1) is 12.1. The number of ether oxygens (including phenoxy) is 1. The molecule has 0 amide bonds. The molecular weight excluding hydrogens is 340 g/mol. The maximum atomic E-state index is 12.2. The minimum Gasteiger partial charge on any atom is -0.464 e. The fourth-order valence-corrected chi connectivity index (χ4v) is 3.32. The number of esters is 1. The van der Waals surface area contributed by atoms with Crippen LogP contribution in [0.15, 0.2) is 35.8 Å². The minimum absolute atomic E-state index is 0.0688. The smallest absolute Gasteiger partial charge is 0.357 e. The monoisotopic (exact) mass is 354 g/mol. The number of nitriles is 1. The molecule has 3 aromatic rings. The summed E-state index contributed by atoms with van der Waals surface area (Å²) < 4.78 is 6.35. The van der Waals surface area contributed by atoms with E-state index >= 15 is 0 Å². The van der Waals surface area contributed by atoms with Crippen molar-refractivity contribution in [3.05, 3.63) is 52.8 Å². The molecule has 25 heavy (non-hydrogen) atoms. The Kier molecular flexibility index (Phi) is 4.52. The van der Waals surface area contributed by atoms with Gasteiger partial charge < -0.3 is 20.1 Å². The molecular formula is C17H14N4O3S. The summed E-state index contributed by atoms with van der Waals surface area (Å²) >= 11 is 1.38. The number of rotatable bonds is 4. The third-order valence-electron chi connectivity index (χ3n) is 3.65. The van der Waals surface area contributed by atoms with Crippen LogP contribution in [-0.4, -0.2) is 27.7 Å². The number of aliphatic hydroxyl groups excluding tert-OH is 1. The first-order valence-electron chi connectivity index (χ1n) is 7.25. The molecule has 126 valence electrons. The van der Waals surface area contributed by atoms with Gasteiger partial charge in [-0.2, -0.15) is 5.26 Å². The van der Waals surface area contributed by atoms with Gasteiger partial charge in [-0.25, -0.2) is 9.78 Å². The van der Waals surface area contributed by atoms with Crippen LogP contribution in [0, 0.1) is 11.3 Å². The van der Waals surface area contributed by atoms with Crippen molar-refractivity contribution in [2.45, 2.75) is 6.61 Å². The Bertz CT molecular complexity index is 984. The Morgan fingerprint density at radius 3 is 2.88 bits per heavy atom. The number of aliphatic hydroxyl groups is 1. The normalized spacial score (nSPS) is 10.4. The van der Waals surface area contributed by atoms with Crippen LogP contribution in [0.25, 0.3) is 16.3 Å². The van der Waals surface area contributed by atoms with E-state index in [0.29, 0.717) is 16.4 Å². The molecule has 0 bridgehead atoms. The molecule has 0 atom stereocenters.